The number of nitrogens with one attached hydrogen (secondary N) is 1. The van der Waals surface area contributed by atoms with Crippen molar-refractivity contribution < 1.29 is 0 Å². The normalized spacial score (nSPS) is 10.8. The Bertz CT molecular complexity index is 543. The van der Waals surface area contributed by atoms with Gasteiger partial charge in [-0.1, -0.05) is 19.1 Å². The van der Waals surface area contributed by atoms with E-state index in [2.05, 4.69) is 16.9 Å². The number of benzene rings is 1. The quantitative estimate of drug-likeness (QED) is 0.811. The number of rotatable bonds is 2. The van der Waals surface area contributed by atoms with Crippen molar-refractivity contribution in [2.24, 2.45) is 0 Å². The summed E-state index contributed by atoms with van der Waals surface area (Å²) in [5, 5.41) is 0.676. The van der Waals surface area contributed by atoms with Crippen LogP contribution >= 0.6 is 0 Å². The first-order valence-electron chi connectivity index (χ1n) is 5.21. The molecule has 0 bridgehead atoms. The van der Waals surface area contributed by atoms with Gasteiger partial charge >= 0.3 is 0 Å². The average Bonchev–Trinajstić information content (AvgIpc) is 2.20. The number of aryl methyl sites for hydroxylation is 2. The monoisotopic (exact) mass is 202 g/mol. The Hall–Kier alpha value is -1.64. The Balaban J connectivity index is 2.74. The highest BCUT2D eigenvalue weighted by atomic mass is 16.1. The highest BCUT2D eigenvalue weighted by Gasteiger charge is 2.04. The first kappa shape index (κ1) is 9.90. The van der Waals surface area contributed by atoms with Crippen molar-refractivity contribution in [1.82, 2.24) is 9.97 Å². The van der Waals surface area contributed by atoms with Gasteiger partial charge in [0.2, 0.25) is 0 Å². The van der Waals surface area contributed by atoms with E-state index in [0.29, 0.717) is 5.39 Å². The number of H-pyrrole nitrogens is 1. The third kappa shape index (κ3) is 1.77. The molecule has 78 valence electrons. The Kier molecular flexibility index (Phi) is 2.54. The molecular weight excluding hydrogens is 188 g/mol. The highest BCUT2D eigenvalue weighted by molar-refractivity contribution is 5.80. The first-order chi connectivity index (χ1) is 7.22. The number of hydrogen-bond acceptors (Lipinski definition) is 2. The largest absolute Gasteiger partial charge is 0.310 e. The van der Waals surface area contributed by atoms with Crippen LogP contribution in [0.1, 0.15) is 24.7 Å². The van der Waals surface area contributed by atoms with E-state index in [1.807, 2.05) is 25.1 Å². The summed E-state index contributed by atoms with van der Waals surface area (Å²) >= 11 is 0. The molecule has 0 saturated carbocycles. The maximum absolute atomic E-state index is 11.7. The van der Waals surface area contributed by atoms with Crippen molar-refractivity contribution in [1.29, 1.82) is 0 Å². The van der Waals surface area contributed by atoms with Gasteiger partial charge in [-0.2, -0.15) is 0 Å². The van der Waals surface area contributed by atoms with Gasteiger partial charge in [-0.3, -0.25) is 4.79 Å². The van der Waals surface area contributed by atoms with Crippen LogP contribution in [0.2, 0.25) is 0 Å². The Morgan fingerprint density at radius 3 is 2.93 bits per heavy atom. The molecule has 1 N–H and O–H groups in total. The molecule has 3 nitrogen and oxygen atoms in total. The minimum absolute atomic E-state index is 0.0350. The topological polar surface area (TPSA) is 45.8 Å². The molecule has 0 aliphatic carbocycles. The fourth-order valence-corrected chi connectivity index (χ4v) is 1.71. The van der Waals surface area contributed by atoms with Gasteiger partial charge in [-0.25, -0.2) is 4.98 Å². The number of aromatic amines is 1. The lowest BCUT2D eigenvalue weighted by atomic mass is 10.1. The fraction of sp³-hybridized carbons (Fsp3) is 0.333. The van der Waals surface area contributed by atoms with Crippen LogP contribution < -0.4 is 5.56 Å². The minimum Gasteiger partial charge on any atom is -0.310 e. The molecule has 0 atom stereocenters. The van der Waals surface area contributed by atoms with Gasteiger partial charge in [-0.05, 0) is 25.0 Å². The van der Waals surface area contributed by atoms with Crippen LogP contribution in [0.5, 0.6) is 0 Å². The molecule has 0 spiro atoms. The standard InChI is InChI=1S/C12H14N2O/c1-3-5-10-13-11-8(2)6-4-7-9(11)12(15)14-10/h4,6-7H,3,5H2,1-2H3,(H,13,14,15). The zero-order valence-corrected chi connectivity index (χ0v) is 9.00. The summed E-state index contributed by atoms with van der Waals surface area (Å²) in [7, 11) is 0. The lowest BCUT2D eigenvalue weighted by Gasteiger charge is -2.03. The van der Waals surface area contributed by atoms with Gasteiger partial charge < -0.3 is 4.98 Å². The van der Waals surface area contributed by atoms with Crippen LogP contribution in [0.25, 0.3) is 10.9 Å². The van der Waals surface area contributed by atoms with Gasteiger partial charge in [0.05, 0.1) is 10.9 Å². The molecule has 0 radical (unpaired) electrons. The molecular formula is C12H14N2O. The van der Waals surface area contributed by atoms with Crippen molar-refractivity contribution >= 4 is 10.9 Å². The van der Waals surface area contributed by atoms with Crippen LogP contribution in [-0.2, 0) is 6.42 Å². The molecule has 1 heterocycles. The van der Waals surface area contributed by atoms with Crippen molar-refractivity contribution in [3.63, 3.8) is 0 Å². The van der Waals surface area contributed by atoms with Crippen LogP contribution in [0.4, 0.5) is 0 Å². The van der Waals surface area contributed by atoms with E-state index in [4.69, 9.17) is 0 Å². The molecule has 1 aromatic carbocycles. The molecule has 15 heavy (non-hydrogen) atoms. The molecule has 2 rings (SSSR count). The van der Waals surface area contributed by atoms with Gasteiger partial charge in [-0.15, -0.1) is 0 Å². The molecule has 0 aliphatic heterocycles. The maximum Gasteiger partial charge on any atom is 0.258 e. The van der Waals surface area contributed by atoms with Gasteiger partial charge in [0, 0.05) is 6.42 Å². The lowest BCUT2D eigenvalue weighted by Crippen LogP contribution is -2.12. The number of fused-ring (bicyclic) bond motifs is 1. The maximum atomic E-state index is 11.7. The number of nitrogens with zero attached hydrogens (tertiary/aromatic N) is 1. The first-order valence-corrected chi connectivity index (χ1v) is 5.21. The van der Waals surface area contributed by atoms with E-state index < -0.39 is 0 Å². The SMILES string of the molecule is CCCc1nc2c(C)cccc2c(=O)[nH]1. The van der Waals surface area contributed by atoms with E-state index in [9.17, 15) is 4.79 Å². The Morgan fingerprint density at radius 1 is 1.40 bits per heavy atom. The van der Waals surface area contributed by atoms with Crippen molar-refractivity contribution in [3.8, 4) is 0 Å². The molecule has 0 unspecified atom stereocenters. The Labute approximate surface area is 88.2 Å². The number of hydrogen-bond donors (Lipinski definition) is 1. The van der Waals surface area contributed by atoms with Gasteiger partial charge in [0.1, 0.15) is 5.82 Å². The van der Waals surface area contributed by atoms with E-state index in [0.717, 1.165) is 29.7 Å². The Morgan fingerprint density at radius 2 is 2.20 bits per heavy atom. The summed E-state index contributed by atoms with van der Waals surface area (Å²) in [6.07, 6.45) is 1.81. The number of para-hydroxylation sites is 1. The van der Waals surface area contributed by atoms with E-state index >= 15 is 0 Å². The number of aromatic nitrogens is 2. The molecule has 2 aromatic rings. The van der Waals surface area contributed by atoms with E-state index in [-0.39, 0.29) is 5.56 Å². The molecule has 0 amide bonds. The summed E-state index contributed by atoms with van der Waals surface area (Å²) in [6, 6.07) is 5.67. The van der Waals surface area contributed by atoms with Crippen LogP contribution in [0.3, 0.4) is 0 Å². The second-order valence-corrected chi connectivity index (χ2v) is 3.73. The zero-order chi connectivity index (χ0) is 10.8. The van der Waals surface area contributed by atoms with Crippen LogP contribution in [0, 0.1) is 6.92 Å². The van der Waals surface area contributed by atoms with Gasteiger partial charge in [0.25, 0.3) is 5.56 Å². The van der Waals surface area contributed by atoms with Gasteiger partial charge in [0.15, 0.2) is 0 Å². The van der Waals surface area contributed by atoms with Crippen LogP contribution in [-0.4, -0.2) is 9.97 Å². The molecule has 0 aliphatic rings. The predicted molar refractivity (Wildman–Crippen MR) is 61.1 cm³/mol. The van der Waals surface area contributed by atoms with Crippen molar-refractivity contribution in [2.45, 2.75) is 26.7 Å². The summed E-state index contributed by atoms with van der Waals surface area (Å²) in [6.45, 7) is 4.05. The molecule has 0 saturated heterocycles. The second-order valence-electron chi connectivity index (χ2n) is 3.73. The molecule has 3 heteroatoms. The average molecular weight is 202 g/mol. The third-order valence-electron chi connectivity index (χ3n) is 2.47. The summed E-state index contributed by atoms with van der Waals surface area (Å²) in [5.41, 5.74) is 1.84. The lowest BCUT2D eigenvalue weighted by molar-refractivity contribution is 0.836. The van der Waals surface area contributed by atoms with Crippen molar-refractivity contribution in [3.05, 3.63) is 39.9 Å². The zero-order valence-electron chi connectivity index (χ0n) is 9.00. The minimum atomic E-state index is -0.0350. The van der Waals surface area contributed by atoms with Crippen molar-refractivity contribution in [2.75, 3.05) is 0 Å². The molecule has 1 aromatic heterocycles. The third-order valence-corrected chi connectivity index (χ3v) is 2.47. The van der Waals surface area contributed by atoms with E-state index in [1.165, 1.54) is 0 Å². The van der Waals surface area contributed by atoms with E-state index in [1.54, 1.807) is 0 Å². The fourth-order valence-electron chi connectivity index (χ4n) is 1.71. The summed E-state index contributed by atoms with van der Waals surface area (Å²) in [4.78, 5) is 19.0. The summed E-state index contributed by atoms with van der Waals surface area (Å²) < 4.78 is 0. The molecule has 0 fully saturated rings. The predicted octanol–water partition coefficient (Wildman–Crippen LogP) is 2.18. The smallest absolute Gasteiger partial charge is 0.258 e. The van der Waals surface area contributed by atoms with Crippen LogP contribution in [0.15, 0.2) is 23.0 Å². The summed E-state index contributed by atoms with van der Waals surface area (Å²) in [5.74, 6) is 0.782. The second kappa shape index (κ2) is 3.85. The highest BCUT2D eigenvalue weighted by Crippen LogP contribution is 2.12.